The second-order valence-electron chi connectivity index (χ2n) is 7.95. The van der Waals surface area contributed by atoms with Crippen molar-refractivity contribution in [2.45, 2.75) is 6.92 Å². The molecule has 0 aliphatic rings. The largest absolute Gasteiger partial charge is 0.493 e. The molecule has 3 aromatic carbocycles. The fourth-order valence-corrected chi connectivity index (χ4v) is 4.62. The molecule has 0 atom stereocenters. The first kappa shape index (κ1) is 25.8. The summed E-state index contributed by atoms with van der Waals surface area (Å²) in [7, 11) is 6.27. The molecule has 1 heterocycles. The average Bonchev–Trinajstić information content (AvgIpc) is 3.29. The minimum absolute atomic E-state index is 0.170. The van der Waals surface area contributed by atoms with Gasteiger partial charge in [0.05, 0.1) is 43.7 Å². The Morgan fingerprint density at radius 3 is 2.19 bits per heavy atom. The lowest BCUT2D eigenvalue weighted by Crippen LogP contribution is -2.20. The van der Waals surface area contributed by atoms with E-state index in [0.717, 1.165) is 26.4 Å². The standard InChI is InChI=1S/C28H28N2O6S/c1-17-29-21-10-9-20(15-26(21)37-17)30-27(31)16-36-23-12-18(8-11-22(23)32-2)6-7-19-13-24(33-3)28(35-5)25(14-19)34-4/h6-15H,16H2,1-5H3,(H,30,31)/b7-6-. The van der Waals surface area contributed by atoms with Crippen LogP contribution in [0.2, 0.25) is 0 Å². The number of carbonyl (C=O) groups excluding carboxylic acids is 1. The summed E-state index contributed by atoms with van der Waals surface area (Å²) in [4.78, 5) is 17.0. The Morgan fingerprint density at radius 2 is 1.51 bits per heavy atom. The van der Waals surface area contributed by atoms with Crippen molar-refractivity contribution in [2.75, 3.05) is 40.4 Å². The second kappa shape index (κ2) is 11.7. The fraction of sp³-hybridized carbons (Fsp3) is 0.214. The molecule has 1 aromatic heterocycles. The number of anilines is 1. The topological polar surface area (TPSA) is 88.1 Å². The number of methoxy groups -OCH3 is 4. The average molecular weight is 521 g/mol. The summed E-state index contributed by atoms with van der Waals surface area (Å²) in [6.07, 6.45) is 3.83. The number of nitrogens with zero attached hydrogens (tertiary/aromatic N) is 1. The second-order valence-corrected chi connectivity index (χ2v) is 9.19. The number of benzene rings is 3. The van der Waals surface area contributed by atoms with E-state index in [9.17, 15) is 4.79 Å². The van der Waals surface area contributed by atoms with Crippen molar-refractivity contribution in [3.8, 4) is 28.7 Å². The maximum atomic E-state index is 12.6. The molecule has 0 radical (unpaired) electrons. The number of fused-ring (bicyclic) bond motifs is 1. The monoisotopic (exact) mass is 520 g/mol. The van der Waals surface area contributed by atoms with E-state index in [-0.39, 0.29) is 12.5 Å². The van der Waals surface area contributed by atoms with Crippen LogP contribution < -0.4 is 29.0 Å². The third kappa shape index (κ3) is 6.13. The molecule has 0 spiro atoms. The molecule has 0 aliphatic heterocycles. The number of carbonyl (C=O) groups is 1. The summed E-state index contributed by atoms with van der Waals surface area (Å²) in [6, 6.07) is 14.8. The van der Waals surface area contributed by atoms with E-state index < -0.39 is 0 Å². The van der Waals surface area contributed by atoms with Gasteiger partial charge in [-0.05, 0) is 60.5 Å². The first-order valence-corrected chi connectivity index (χ1v) is 12.2. The molecule has 4 rings (SSSR count). The summed E-state index contributed by atoms with van der Waals surface area (Å²) in [5.74, 6) is 2.37. The van der Waals surface area contributed by atoms with Crippen LogP contribution in [-0.4, -0.2) is 45.9 Å². The zero-order valence-corrected chi connectivity index (χ0v) is 22.1. The van der Waals surface area contributed by atoms with Gasteiger partial charge in [0.15, 0.2) is 29.6 Å². The number of rotatable bonds is 10. The minimum atomic E-state index is -0.277. The Hall–Kier alpha value is -4.24. The molecule has 0 bridgehead atoms. The smallest absolute Gasteiger partial charge is 0.262 e. The number of hydrogen-bond acceptors (Lipinski definition) is 8. The van der Waals surface area contributed by atoms with Crippen molar-refractivity contribution in [1.29, 1.82) is 0 Å². The maximum absolute atomic E-state index is 12.6. The van der Waals surface area contributed by atoms with Crippen LogP contribution in [0, 0.1) is 6.92 Å². The van der Waals surface area contributed by atoms with Crippen LogP contribution in [0.3, 0.4) is 0 Å². The number of aromatic nitrogens is 1. The molecule has 0 unspecified atom stereocenters. The summed E-state index contributed by atoms with van der Waals surface area (Å²) < 4.78 is 28.5. The van der Waals surface area contributed by atoms with Gasteiger partial charge in [-0.25, -0.2) is 4.98 Å². The number of nitrogens with one attached hydrogen (secondary N) is 1. The molecule has 9 heteroatoms. The van der Waals surface area contributed by atoms with Gasteiger partial charge in [-0.2, -0.15) is 0 Å². The van der Waals surface area contributed by atoms with E-state index in [1.165, 1.54) is 0 Å². The third-order valence-electron chi connectivity index (χ3n) is 5.48. The highest BCUT2D eigenvalue weighted by Crippen LogP contribution is 2.39. The summed E-state index contributed by atoms with van der Waals surface area (Å²) >= 11 is 1.58. The van der Waals surface area contributed by atoms with Crippen molar-refractivity contribution < 1.29 is 28.5 Å². The predicted molar refractivity (Wildman–Crippen MR) is 147 cm³/mol. The van der Waals surface area contributed by atoms with Gasteiger partial charge in [0, 0.05) is 5.69 Å². The minimum Gasteiger partial charge on any atom is -0.493 e. The van der Waals surface area contributed by atoms with E-state index in [2.05, 4.69) is 10.3 Å². The Balaban J connectivity index is 1.46. The van der Waals surface area contributed by atoms with E-state index >= 15 is 0 Å². The van der Waals surface area contributed by atoms with Crippen molar-refractivity contribution in [3.05, 3.63) is 64.7 Å². The van der Waals surface area contributed by atoms with Gasteiger partial charge in [-0.1, -0.05) is 18.2 Å². The van der Waals surface area contributed by atoms with Crippen LogP contribution in [0.1, 0.15) is 16.1 Å². The number of amides is 1. The molecular formula is C28H28N2O6S. The highest BCUT2D eigenvalue weighted by Gasteiger charge is 2.13. The molecule has 4 aromatic rings. The van der Waals surface area contributed by atoms with Gasteiger partial charge < -0.3 is 29.0 Å². The lowest BCUT2D eigenvalue weighted by molar-refractivity contribution is -0.118. The highest BCUT2D eigenvalue weighted by molar-refractivity contribution is 7.18. The Bertz CT molecular complexity index is 1420. The van der Waals surface area contributed by atoms with E-state index in [4.69, 9.17) is 23.7 Å². The molecule has 1 N–H and O–H groups in total. The van der Waals surface area contributed by atoms with Crippen molar-refractivity contribution >= 4 is 45.3 Å². The van der Waals surface area contributed by atoms with Crippen molar-refractivity contribution in [1.82, 2.24) is 4.98 Å². The first-order valence-electron chi connectivity index (χ1n) is 11.4. The molecule has 8 nitrogen and oxygen atoms in total. The van der Waals surface area contributed by atoms with Crippen molar-refractivity contribution in [3.63, 3.8) is 0 Å². The lowest BCUT2D eigenvalue weighted by Gasteiger charge is -2.13. The quantitative estimate of drug-likeness (QED) is 0.263. The van der Waals surface area contributed by atoms with Crippen LogP contribution in [0.5, 0.6) is 28.7 Å². The van der Waals surface area contributed by atoms with E-state index in [0.29, 0.717) is 34.4 Å². The highest BCUT2D eigenvalue weighted by atomic mass is 32.1. The van der Waals surface area contributed by atoms with Crippen LogP contribution in [0.25, 0.3) is 22.4 Å². The summed E-state index contributed by atoms with van der Waals surface area (Å²) in [6.45, 7) is 1.79. The number of aryl methyl sites for hydroxylation is 1. The van der Waals surface area contributed by atoms with Gasteiger partial charge in [-0.3, -0.25) is 4.79 Å². The van der Waals surface area contributed by atoms with Gasteiger partial charge >= 0.3 is 0 Å². The maximum Gasteiger partial charge on any atom is 0.262 e. The molecule has 1 amide bonds. The van der Waals surface area contributed by atoms with Gasteiger partial charge in [0.1, 0.15) is 0 Å². The SMILES string of the molecule is COc1ccc(/C=C\c2cc(OC)c(OC)c(OC)c2)cc1OCC(=O)Nc1ccc2nc(C)sc2c1. The lowest BCUT2D eigenvalue weighted by atomic mass is 10.1. The predicted octanol–water partition coefficient (Wildman–Crippen LogP) is 5.83. The molecule has 0 saturated carbocycles. The number of ether oxygens (including phenoxy) is 5. The molecule has 0 aliphatic carbocycles. The van der Waals surface area contributed by atoms with Gasteiger partial charge in [0.2, 0.25) is 5.75 Å². The Kier molecular flexibility index (Phi) is 8.15. The normalized spacial score (nSPS) is 10.9. The molecule has 37 heavy (non-hydrogen) atoms. The Labute approximate surface area is 219 Å². The zero-order chi connectivity index (χ0) is 26.4. The van der Waals surface area contributed by atoms with E-state index in [1.54, 1.807) is 45.8 Å². The van der Waals surface area contributed by atoms with Crippen LogP contribution in [0.15, 0.2) is 48.5 Å². The van der Waals surface area contributed by atoms with Crippen LogP contribution >= 0.6 is 11.3 Å². The fourth-order valence-electron chi connectivity index (χ4n) is 3.76. The van der Waals surface area contributed by atoms with Gasteiger partial charge in [-0.15, -0.1) is 11.3 Å². The Morgan fingerprint density at radius 1 is 0.838 bits per heavy atom. The number of hydrogen-bond donors (Lipinski definition) is 1. The molecule has 0 saturated heterocycles. The van der Waals surface area contributed by atoms with E-state index in [1.807, 2.05) is 61.5 Å². The van der Waals surface area contributed by atoms with Crippen molar-refractivity contribution in [2.24, 2.45) is 0 Å². The summed E-state index contributed by atoms with van der Waals surface area (Å²) in [5.41, 5.74) is 3.33. The number of thiazole rings is 1. The van der Waals surface area contributed by atoms with Crippen LogP contribution in [-0.2, 0) is 4.79 Å². The summed E-state index contributed by atoms with van der Waals surface area (Å²) in [5, 5.41) is 3.85. The zero-order valence-electron chi connectivity index (χ0n) is 21.3. The molecule has 0 fully saturated rings. The molecule has 192 valence electrons. The van der Waals surface area contributed by atoms with Crippen LogP contribution in [0.4, 0.5) is 5.69 Å². The molecular weight excluding hydrogens is 492 g/mol. The first-order chi connectivity index (χ1) is 17.9. The van der Waals surface area contributed by atoms with Gasteiger partial charge in [0.25, 0.3) is 5.91 Å². The third-order valence-corrected chi connectivity index (χ3v) is 6.41.